The normalized spacial score (nSPS) is 21.4. The summed E-state index contributed by atoms with van der Waals surface area (Å²) >= 11 is 5.57. The van der Waals surface area contributed by atoms with Crippen LogP contribution in [0.25, 0.3) is 0 Å². The molecule has 0 spiro atoms. The summed E-state index contributed by atoms with van der Waals surface area (Å²) in [4.78, 5) is 14.3. The van der Waals surface area contributed by atoms with Gasteiger partial charge in [-0.25, -0.2) is 13.6 Å². The molecule has 3 heterocycles. The number of likely N-dealkylation sites (tertiary alicyclic amines) is 1. The monoisotopic (exact) mass is 404 g/mol. The Labute approximate surface area is 162 Å². The highest BCUT2D eigenvalue weighted by atomic mass is 32.2. The van der Waals surface area contributed by atoms with Gasteiger partial charge in [-0.05, 0) is 54.9 Å². The predicted molar refractivity (Wildman–Crippen MR) is 107 cm³/mol. The molecule has 2 aliphatic rings. The van der Waals surface area contributed by atoms with E-state index in [1.807, 2.05) is 16.7 Å². The second kappa shape index (κ2) is 6.74. The van der Waals surface area contributed by atoms with Crippen LogP contribution in [-0.4, -0.2) is 36.1 Å². The lowest BCUT2D eigenvalue weighted by atomic mass is 9.83. The third kappa shape index (κ3) is 3.62. The number of rotatable bonds is 2. The van der Waals surface area contributed by atoms with Gasteiger partial charge < -0.3 is 14.8 Å². The van der Waals surface area contributed by atoms with Gasteiger partial charge in [0.1, 0.15) is 0 Å². The molecule has 2 aromatic rings. The molecule has 2 aliphatic heterocycles. The molecule has 9 heteroatoms. The van der Waals surface area contributed by atoms with Crippen molar-refractivity contribution in [2.75, 3.05) is 18.4 Å². The molecule has 0 amide bonds. The molecule has 0 unspecified atom stereocenters. The van der Waals surface area contributed by atoms with Gasteiger partial charge in [-0.2, -0.15) is 0 Å². The number of aromatic nitrogens is 1. The minimum absolute atomic E-state index is 0.0614. The first-order valence-electron chi connectivity index (χ1n) is 8.70. The van der Waals surface area contributed by atoms with Gasteiger partial charge in [0.15, 0.2) is 5.11 Å². The van der Waals surface area contributed by atoms with Crippen LogP contribution in [0.3, 0.4) is 0 Å². The lowest BCUT2D eigenvalue weighted by Gasteiger charge is -2.43. The molecule has 0 aliphatic carbocycles. The highest BCUT2D eigenvalue weighted by Crippen LogP contribution is 2.35. The smallest absolute Gasteiger partial charge is 0.250 e. The lowest BCUT2D eigenvalue weighted by molar-refractivity contribution is 0.180. The van der Waals surface area contributed by atoms with E-state index >= 15 is 0 Å². The number of hydrogen-bond donors (Lipinski definition) is 2. The molecular weight excluding hydrogens is 384 g/mol. The summed E-state index contributed by atoms with van der Waals surface area (Å²) < 4.78 is 24.6. The summed E-state index contributed by atoms with van der Waals surface area (Å²) in [5.41, 5.74) is 1.84. The van der Waals surface area contributed by atoms with Crippen LogP contribution >= 0.6 is 12.2 Å². The number of benzene rings is 1. The van der Waals surface area contributed by atoms with E-state index in [-0.39, 0.29) is 16.4 Å². The van der Waals surface area contributed by atoms with E-state index in [0.717, 1.165) is 25.2 Å². The largest absolute Gasteiger partial charge is 0.348 e. The Bertz CT molecular complexity index is 1050. The number of anilines is 1. The van der Waals surface area contributed by atoms with E-state index < -0.39 is 10.0 Å². The maximum atomic E-state index is 12.1. The van der Waals surface area contributed by atoms with Crippen LogP contribution in [0.5, 0.6) is 0 Å². The number of sulfonamides is 1. The number of pyridine rings is 1. The zero-order chi connectivity index (χ0) is 19.2. The molecule has 1 fully saturated rings. The summed E-state index contributed by atoms with van der Waals surface area (Å²) in [5.74, 6) is 0.650. The third-order valence-corrected chi connectivity index (χ3v) is 6.49. The third-order valence-electron chi connectivity index (χ3n) is 5.20. The minimum Gasteiger partial charge on any atom is -0.348 e. The Hall–Kier alpha value is -2.23. The summed E-state index contributed by atoms with van der Waals surface area (Å²) in [6.07, 6.45) is 1.06. The molecule has 3 N–H and O–H groups in total. The van der Waals surface area contributed by atoms with Crippen LogP contribution in [0.2, 0.25) is 0 Å². The van der Waals surface area contributed by atoms with E-state index in [2.05, 4.69) is 10.2 Å². The zero-order valence-corrected chi connectivity index (χ0v) is 16.2. The molecule has 7 nitrogen and oxygen atoms in total. The van der Waals surface area contributed by atoms with Crippen molar-refractivity contribution < 1.29 is 8.42 Å². The van der Waals surface area contributed by atoms with Crippen molar-refractivity contribution in [2.45, 2.75) is 23.8 Å². The highest BCUT2D eigenvalue weighted by Gasteiger charge is 2.35. The van der Waals surface area contributed by atoms with Gasteiger partial charge in [-0.15, -0.1) is 0 Å². The molecule has 1 aromatic heterocycles. The van der Waals surface area contributed by atoms with Gasteiger partial charge in [0.2, 0.25) is 10.0 Å². The van der Waals surface area contributed by atoms with E-state index in [0.29, 0.717) is 23.3 Å². The van der Waals surface area contributed by atoms with E-state index in [9.17, 15) is 13.2 Å². The topological polar surface area (TPSA) is 97.4 Å². The Kier molecular flexibility index (Phi) is 4.53. The van der Waals surface area contributed by atoms with E-state index in [1.165, 1.54) is 12.1 Å². The summed E-state index contributed by atoms with van der Waals surface area (Å²) in [7, 11) is -3.71. The van der Waals surface area contributed by atoms with Gasteiger partial charge in [-0.1, -0.05) is 6.07 Å². The van der Waals surface area contributed by atoms with Gasteiger partial charge in [0, 0.05) is 43.0 Å². The molecule has 0 radical (unpaired) electrons. The fourth-order valence-corrected chi connectivity index (χ4v) is 4.78. The highest BCUT2D eigenvalue weighted by molar-refractivity contribution is 7.89. The van der Waals surface area contributed by atoms with Crippen molar-refractivity contribution >= 4 is 33.0 Å². The summed E-state index contributed by atoms with van der Waals surface area (Å²) in [5, 5.41) is 8.89. The van der Waals surface area contributed by atoms with Gasteiger partial charge >= 0.3 is 0 Å². The first-order valence-corrected chi connectivity index (χ1v) is 10.7. The van der Waals surface area contributed by atoms with Gasteiger partial charge in [0.25, 0.3) is 5.56 Å². The molecule has 2 bridgehead atoms. The number of primary sulfonamides is 1. The van der Waals surface area contributed by atoms with Crippen molar-refractivity contribution in [1.29, 1.82) is 0 Å². The number of nitrogens with zero attached hydrogens (tertiary/aromatic N) is 2. The number of nitrogens with one attached hydrogen (secondary N) is 1. The van der Waals surface area contributed by atoms with Crippen LogP contribution < -0.4 is 16.0 Å². The van der Waals surface area contributed by atoms with Gasteiger partial charge in [0.05, 0.1) is 4.90 Å². The molecule has 4 rings (SSSR count). The molecule has 2 atom stereocenters. The van der Waals surface area contributed by atoms with Crippen molar-refractivity contribution in [1.82, 2.24) is 9.47 Å². The average molecular weight is 405 g/mol. The standard InChI is InChI=1S/C18H20N4O3S2/c19-27(24,25)15-6-4-14(5-7-15)20-18(26)21-9-12-8-13(11-21)16-2-1-3-17(23)22(16)10-12/h1-7,12-13H,8-11H2,(H,20,26)(H2,19,24,25)/t12-,13+/m0/s1. The molecule has 142 valence electrons. The SMILES string of the molecule is NS(=O)(=O)c1ccc(NC(=S)N2C[C@@H]3C[C@H](C2)c2cccc(=O)n2C3)cc1. The first-order chi connectivity index (χ1) is 12.8. The Morgan fingerprint density at radius 2 is 1.85 bits per heavy atom. The van der Waals surface area contributed by atoms with E-state index in [1.54, 1.807) is 18.2 Å². The predicted octanol–water partition coefficient (Wildman–Crippen LogP) is 1.31. The number of piperidine rings is 1. The minimum atomic E-state index is -3.71. The first kappa shape index (κ1) is 18.1. The second-order valence-corrected chi connectivity index (χ2v) is 9.05. The number of thiocarbonyl (C=S) groups is 1. The maximum Gasteiger partial charge on any atom is 0.250 e. The number of hydrogen-bond acceptors (Lipinski definition) is 4. The molecule has 1 aromatic carbocycles. The van der Waals surface area contributed by atoms with Crippen molar-refractivity contribution in [3.63, 3.8) is 0 Å². The van der Waals surface area contributed by atoms with Crippen molar-refractivity contribution in [2.24, 2.45) is 11.1 Å². The molecule has 0 saturated carbocycles. The fraction of sp³-hybridized carbons (Fsp3) is 0.333. The van der Waals surface area contributed by atoms with Crippen LogP contribution in [0.1, 0.15) is 18.0 Å². The van der Waals surface area contributed by atoms with Crippen molar-refractivity contribution in [3.8, 4) is 0 Å². The zero-order valence-electron chi connectivity index (χ0n) is 14.5. The Morgan fingerprint density at radius 1 is 1.11 bits per heavy atom. The van der Waals surface area contributed by atoms with Crippen LogP contribution in [0.4, 0.5) is 5.69 Å². The fourth-order valence-electron chi connectivity index (χ4n) is 3.99. The molecular formula is C18H20N4O3S2. The lowest BCUT2D eigenvalue weighted by Crippen LogP contribution is -2.50. The van der Waals surface area contributed by atoms with Crippen LogP contribution in [-0.2, 0) is 16.6 Å². The molecule has 27 heavy (non-hydrogen) atoms. The van der Waals surface area contributed by atoms with Crippen LogP contribution in [0.15, 0.2) is 52.2 Å². The quantitative estimate of drug-likeness (QED) is 0.733. The van der Waals surface area contributed by atoms with Crippen LogP contribution in [0, 0.1) is 5.92 Å². The number of fused-ring (bicyclic) bond motifs is 4. The molecule has 1 saturated heterocycles. The second-order valence-electron chi connectivity index (χ2n) is 7.10. The van der Waals surface area contributed by atoms with E-state index in [4.69, 9.17) is 17.4 Å². The van der Waals surface area contributed by atoms with Crippen molar-refractivity contribution in [3.05, 3.63) is 58.5 Å². The Balaban J connectivity index is 1.49. The maximum absolute atomic E-state index is 12.1. The van der Waals surface area contributed by atoms with Gasteiger partial charge in [-0.3, -0.25) is 4.79 Å². The summed E-state index contributed by atoms with van der Waals surface area (Å²) in [6.45, 7) is 2.26. The Morgan fingerprint density at radius 3 is 2.56 bits per heavy atom. The number of nitrogens with two attached hydrogens (primary N) is 1. The summed E-state index contributed by atoms with van der Waals surface area (Å²) in [6, 6.07) is 11.6. The average Bonchev–Trinajstić information content (AvgIpc) is 2.62.